The first kappa shape index (κ1) is 13.9. The van der Waals surface area contributed by atoms with E-state index in [1.165, 1.54) is 0 Å². The Bertz CT molecular complexity index is 319. The third kappa shape index (κ3) is 4.32. The fraction of sp³-hybridized carbons (Fsp3) is 0.615. The molecule has 0 aliphatic heterocycles. The molecular weight excluding hydrogens is 214 g/mol. The topological polar surface area (TPSA) is 51.4 Å². The van der Waals surface area contributed by atoms with Crippen LogP contribution in [0, 0.1) is 0 Å². The first-order valence-electron chi connectivity index (χ1n) is 6.20. The zero-order valence-corrected chi connectivity index (χ0v) is 11.1. The summed E-state index contributed by atoms with van der Waals surface area (Å²) >= 11 is 0. The molecule has 0 radical (unpaired) electrons. The van der Waals surface area contributed by atoms with Crippen molar-refractivity contribution >= 4 is 5.82 Å². The summed E-state index contributed by atoms with van der Waals surface area (Å²) in [6, 6.07) is 4.12. The number of anilines is 1. The molecule has 1 heterocycles. The van der Waals surface area contributed by atoms with Gasteiger partial charge < -0.3 is 15.4 Å². The van der Waals surface area contributed by atoms with E-state index in [1.807, 2.05) is 20.0 Å². The van der Waals surface area contributed by atoms with Gasteiger partial charge >= 0.3 is 0 Å². The van der Waals surface area contributed by atoms with Gasteiger partial charge in [0.2, 0.25) is 0 Å². The predicted octanol–water partition coefficient (Wildman–Crippen LogP) is 1.58. The number of hydrogen-bond donors (Lipinski definition) is 1. The largest absolute Gasteiger partial charge is 0.380 e. The number of likely N-dealkylation sites (N-methyl/N-ethyl adjacent to an activating group) is 1. The Kier molecular flexibility index (Phi) is 5.94. The van der Waals surface area contributed by atoms with E-state index in [0.29, 0.717) is 6.54 Å². The van der Waals surface area contributed by atoms with Gasteiger partial charge in [0.05, 0.1) is 6.61 Å². The zero-order chi connectivity index (χ0) is 12.7. The lowest BCUT2D eigenvalue weighted by atomic mass is 10.2. The number of rotatable bonds is 7. The Balaban J connectivity index is 2.73. The smallest absolute Gasteiger partial charge is 0.128 e. The Labute approximate surface area is 104 Å². The monoisotopic (exact) mass is 237 g/mol. The molecule has 0 amide bonds. The van der Waals surface area contributed by atoms with Gasteiger partial charge in [-0.2, -0.15) is 0 Å². The molecule has 0 unspecified atom stereocenters. The molecule has 0 bridgehead atoms. The standard InChI is InChI=1S/C13H23N3O/c1-4-12-8-11(10-14)9-13(15-12)16(3)6-7-17-5-2/h8-9H,4-7,10,14H2,1-3H3. The van der Waals surface area contributed by atoms with Crippen molar-refractivity contribution in [1.82, 2.24) is 4.98 Å². The molecule has 17 heavy (non-hydrogen) atoms. The Morgan fingerprint density at radius 2 is 2.12 bits per heavy atom. The number of hydrogen-bond acceptors (Lipinski definition) is 4. The summed E-state index contributed by atoms with van der Waals surface area (Å²) in [4.78, 5) is 6.70. The van der Waals surface area contributed by atoms with Crippen molar-refractivity contribution < 1.29 is 4.74 Å². The fourth-order valence-corrected chi connectivity index (χ4v) is 1.59. The van der Waals surface area contributed by atoms with Crippen LogP contribution in [0.3, 0.4) is 0 Å². The van der Waals surface area contributed by atoms with Crippen LogP contribution < -0.4 is 10.6 Å². The van der Waals surface area contributed by atoms with E-state index in [0.717, 1.165) is 43.3 Å². The average Bonchev–Trinajstić information content (AvgIpc) is 2.38. The van der Waals surface area contributed by atoms with Gasteiger partial charge in [-0.3, -0.25) is 0 Å². The molecule has 1 aromatic rings. The molecule has 0 aliphatic carbocycles. The molecule has 4 heteroatoms. The third-order valence-corrected chi connectivity index (χ3v) is 2.69. The minimum atomic E-state index is 0.557. The van der Waals surface area contributed by atoms with Gasteiger partial charge in [0, 0.05) is 32.4 Å². The summed E-state index contributed by atoms with van der Waals surface area (Å²) in [6.45, 7) is 6.99. The molecule has 0 saturated heterocycles. The van der Waals surface area contributed by atoms with Crippen LogP contribution in [0.1, 0.15) is 25.1 Å². The van der Waals surface area contributed by atoms with Crippen molar-refractivity contribution in [3.8, 4) is 0 Å². The summed E-state index contributed by atoms with van der Waals surface area (Å²) in [5.41, 5.74) is 7.92. The van der Waals surface area contributed by atoms with E-state index in [-0.39, 0.29) is 0 Å². The third-order valence-electron chi connectivity index (χ3n) is 2.69. The van der Waals surface area contributed by atoms with E-state index in [2.05, 4.69) is 22.9 Å². The lowest BCUT2D eigenvalue weighted by Gasteiger charge is -2.19. The molecular formula is C13H23N3O. The highest BCUT2D eigenvalue weighted by Crippen LogP contribution is 2.14. The lowest BCUT2D eigenvalue weighted by molar-refractivity contribution is 0.154. The molecule has 4 nitrogen and oxygen atoms in total. The average molecular weight is 237 g/mol. The van der Waals surface area contributed by atoms with Gasteiger partial charge in [-0.1, -0.05) is 6.92 Å². The lowest BCUT2D eigenvalue weighted by Crippen LogP contribution is -2.24. The summed E-state index contributed by atoms with van der Waals surface area (Å²) in [5, 5.41) is 0. The molecule has 1 aromatic heterocycles. The Morgan fingerprint density at radius 1 is 1.35 bits per heavy atom. The van der Waals surface area contributed by atoms with Crippen LogP contribution in [0.25, 0.3) is 0 Å². The van der Waals surface area contributed by atoms with Crippen molar-refractivity contribution in [2.45, 2.75) is 26.8 Å². The van der Waals surface area contributed by atoms with Crippen molar-refractivity contribution in [3.05, 3.63) is 23.4 Å². The summed E-state index contributed by atoms with van der Waals surface area (Å²) in [5.74, 6) is 0.976. The molecule has 0 fully saturated rings. The Morgan fingerprint density at radius 3 is 2.71 bits per heavy atom. The SMILES string of the molecule is CCOCCN(C)c1cc(CN)cc(CC)n1. The molecule has 2 N–H and O–H groups in total. The number of nitrogens with two attached hydrogens (primary N) is 1. The van der Waals surface area contributed by atoms with E-state index in [1.54, 1.807) is 0 Å². The number of pyridine rings is 1. The molecule has 0 aromatic carbocycles. The molecule has 0 spiro atoms. The number of ether oxygens (including phenoxy) is 1. The second-order valence-electron chi connectivity index (χ2n) is 4.00. The van der Waals surface area contributed by atoms with Crippen LogP contribution in [0.2, 0.25) is 0 Å². The van der Waals surface area contributed by atoms with Gasteiger partial charge in [-0.25, -0.2) is 4.98 Å². The van der Waals surface area contributed by atoms with E-state index in [9.17, 15) is 0 Å². The summed E-state index contributed by atoms with van der Waals surface area (Å²) in [6.07, 6.45) is 0.931. The maximum Gasteiger partial charge on any atom is 0.128 e. The first-order valence-corrected chi connectivity index (χ1v) is 6.20. The molecule has 0 atom stereocenters. The number of nitrogens with zero attached hydrogens (tertiary/aromatic N) is 2. The fourth-order valence-electron chi connectivity index (χ4n) is 1.59. The highest BCUT2D eigenvalue weighted by atomic mass is 16.5. The highest BCUT2D eigenvalue weighted by Gasteiger charge is 2.05. The normalized spacial score (nSPS) is 10.6. The second-order valence-corrected chi connectivity index (χ2v) is 4.00. The van der Waals surface area contributed by atoms with Crippen molar-refractivity contribution in [1.29, 1.82) is 0 Å². The van der Waals surface area contributed by atoms with Gasteiger partial charge in [0.15, 0.2) is 0 Å². The molecule has 1 rings (SSSR count). The van der Waals surface area contributed by atoms with Crippen molar-refractivity contribution in [2.24, 2.45) is 5.73 Å². The summed E-state index contributed by atoms with van der Waals surface area (Å²) in [7, 11) is 2.03. The first-order chi connectivity index (χ1) is 8.21. The zero-order valence-electron chi connectivity index (χ0n) is 11.1. The number of aryl methyl sites for hydroxylation is 1. The second kappa shape index (κ2) is 7.25. The van der Waals surface area contributed by atoms with Gasteiger partial charge in [-0.05, 0) is 31.0 Å². The van der Waals surface area contributed by atoms with E-state index < -0.39 is 0 Å². The minimum Gasteiger partial charge on any atom is -0.380 e. The summed E-state index contributed by atoms with van der Waals surface area (Å²) < 4.78 is 5.34. The quantitative estimate of drug-likeness (QED) is 0.731. The van der Waals surface area contributed by atoms with Gasteiger partial charge in [0.25, 0.3) is 0 Å². The highest BCUT2D eigenvalue weighted by molar-refractivity contribution is 5.42. The maximum absolute atomic E-state index is 5.69. The molecule has 0 aliphatic rings. The minimum absolute atomic E-state index is 0.557. The molecule has 0 saturated carbocycles. The van der Waals surface area contributed by atoms with Crippen LogP contribution in [-0.2, 0) is 17.7 Å². The predicted molar refractivity (Wildman–Crippen MR) is 71.3 cm³/mol. The number of aromatic nitrogens is 1. The molecule has 96 valence electrons. The van der Waals surface area contributed by atoms with Gasteiger partial charge in [0.1, 0.15) is 5.82 Å². The van der Waals surface area contributed by atoms with Crippen LogP contribution >= 0.6 is 0 Å². The Hall–Kier alpha value is -1.13. The van der Waals surface area contributed by atoms with Crippen molar-refractivity contribution in [2.75, 3.05) is 31.7 Å². The van der Waals surface area contributed by atoms with Gasteiger partial charge in [-0.15, -0.1) is 0 Å². The van der Waals surface area contributed by atoms with Crippen molar-refractivity contribution in [3.63, 3.8) is 0 Å². The maximum atomic E-state index is 5.69. The van der Waals surface area contributed by atoms with Crippen LogP contribution in [0.5, 0.6) is 0 Å². The van der Waals surface area contributed by atoms with E-state index >= 15 is 0 Å². The van der Waals surface area contributed by atoms with Crippen LogP contribution in [0.15, 0.2) is 12.1 Å². The van der Waals surface area contributed by atoms with Crippen LogP contribution in [0.4, 0.5) is 5.82 Å². The van der Waals surface area contributed by atoms with Crippen LogP contribution in [-0.4, -0.2) is 31.8 Å². The van der Waals surface area contributed by atoms with E-state index in [4.69, 9.17) is 10.5 Å².